The maximum absolute atomic E-state index is 11.8. The van der Waals surface area contributed by atoms with Crippen LogP contribution in [0.4, 0.5) is 0 Å². The molecule has 0 spiro atoms. The summed E-state index contributed by atoms with van der Waals surface area (Å²) in [4.78, 5) is 0. The lowest BCUT2D eigenvalue weighted by molar-refractivity contribution is 0.535. The molecule has 1 saturated heterocycles. The molecule has 94 valence electrons. The number of sulfonamides is 1. The summed E-state index contributed by atoms with van der Waals surface area (Å²) >= 11 is 0. The van der Waals surface area contributed by atoms with Crippen LogP contribution in [0.5, 0.6) is 0 Å². The highest BCUT2D eigenvalue weighted by Crippen LogP contribution is 2.19. The molecule has 4 nitrogen and oxygen atoms in total. The predicted octanol–water partition coefficient (Wildman–Crippen LogP) is 0.991. The normalized spacial score (nSPS) is 27.6. The molecule has 2 rings (SSSR count). The molecule has 2 fully saturated rings. The van der Waals surface area contributed by atoms with E-state index in [0.29, 0.717) is 6.04 Å². The molecule has 0 aromatic heterocycles. The van der Waals surface area contributed by atoms with Crippen LogP contribution in [0.25, 0.3) is 0 Å². The SMILES string of the molecule is O=S(=O)(CCC1CCCN1)NC1CCCC1. The van der Waals surface area contributed by atoms with Gasteiger partial charge >= 0.3 is 0 Å². The molecule has 0 radical (unpaired) electrons. The van der Waals surface area contributed by atoms with Crippen LogP contribution in [-0.2, 0) is 10.0 Å². The fourth-order valence-corrected chi connectivity index (χ4v) is 4.11. The Balaban J connectivity index is 1.73. The van der Waals surface area contributed by atoms with Crippen molar-refractivity contribution < 1.29 is 8.42 Å². The highest BCUT2D eigenvalue weighted by Gasteiger charge is 2.23. The third-order valence-electron chi connectivity index (χ3n) is 3.60. The maximum Gasteiger partial charge on any atom is 0.211 e. The second-order valence-corrected chi connectivity index (χ2v) is 6.87. The van der Waals surface area contributed by atoms with Gasteiger partial charge in [0.05, 0.1) is 5.75 Å². The first kappa shape index (κ1) is 12.3. The van der Waals surface area contributed by atoms with Crippen molar-refractivity contribution in [1.82, 2.24) is 10.0 Å². The van der Waals surface area contributed by atoms with E-state index in [2.05, 4.69) is 10.0 Å². The molecule has 1 unspecified atom stereocenters. The molecule has 1 atom stereocenters. The first-order chi connectivity index (χ1) is 7.66. The summed E-state index contributed by atoms with van der Waals surface area (Å²) in [5, 5.41) is 3.33. The summed E-state index contributed by atoms with van der Waals surface area (Å²) in [6.45, 7) is 1.04. The van der Waals surface area contributed by atoms with Gasteiger partial charge in [-0.15, -0.1) is 0 Å². The Kier molecular flexibility index (Phi) is 4.21. The van der Waals surface area contributed by atoms with Crippen molar-refractivity contribution >= 4 is 10.0 Å². The average molecular weight is 246 g/mol. The first-order valence-electron chi connectivity index (χ1n) is 6.39. The van der Waals surface area contributed by atoms with Gasteiger partial charge in [-0.2, -0.15) is 0 Å². The highest BCUT2D eigenvalue weighted by atomic mass is 32.2. The lowest BCUT2D eigenvalue weighted by atomic mass is 10.2. The third kappa shape index (κ3) is 3.71. The molecule has 5 heteroatoms. The van der Waals surface area contributed by atoms with E-state index < -0.39 is 10.0 Å². The van der Waals surface area contributed by atoms with Crippen LogP contribution >= 0.6 is 0 Å². The van der Waals surface area contributed by atoms with Crippen molar-refractivity contribution in [2.45, 2.75) is 57.0 Å². The number of hydrogen-bond acceptors (Lipinski definition) is 3. The van der Waals surface area contributed by atoms with Crippen LogP contribution in [0.1, 0.15) is 44.9 Å². The number of nitrogens with one attached hydrogen (secondary N) is 2. The van der Waals surface area contributed by atoms with E-state index in [4.69, 9.17) is 0 Å². The van der Waals surface area contributed by atoms with Gasteiger partial charge in [0.1, 0.15) is 0 Å². The van der Waals surface area contributed by atoms with Crippen molar-refractivity contribution in [2.24, 2.45) is 0 Å². The zero-order valence-electron chi connectivity index (χ0n) is 9.74. The summed E-state index contributed by atoms with van der Waals surface area (Å²) in [7, 11) is -3.04. The van der Waals surface area contributed by atoms with Gasteiger partial charge in [0, 0.05) is 12.1 Å². The van der Waals surface area contributed by atoms with Crippen LogP contribution in [0.2, 0.25) is 0 Å². The van der Waals surface area contributed by atoms with Crippen LogP contribution in [0.3, 0.4) is 0 Å². The van der Waals surface area contributed by atoms with Gasteiger partial charge in [-0.3, -0.25) is 0 Å². The quantitative estimate of drug-likeness (QED) is 0.760. The van der Waals surface area contributed by atoms with E-state index in [1.165, 1.54) is 6.42 Å². The molecule has 1 aliphatic carbocycles. The molecule has 2 aliphatic rings. The topological polar surface area (TPSA) is 58.2 Å². The van der Waals surface area contributed by atoms with E-state index in [1.807, 2.05) is 0 Å². The monoisotopic (exact) mass is 246 g/mol. The minimum atomic E-state index is -3.04. The van der Waals surface area contributed by atoms with Gasteiger partial charge in [-0.1, -0.05) is 12.8 Å². The van der Waals surface area contributed by atoms with Gasteiger partial charge in [0.2, 0.25) is 10.0 Å². The minimum Gasteiger partial charge on any atom is -0.314 e. The van der Waals surface area contributed by atoms with Gasteiger partial charge < -0.3 is 5.32 Å². The molecule has 0 amide bonds. The van der Waals surface area contributed by atoms with Gasteiger partial charge in [-0.25, -0.2) is 13.1 Å². The maximum atomic E-state index is 11.8. The van der Waals surface area contributed by atoms with Crippen molar-refractivity contribution in [1.29, 1.82) is 0 Å². The molecule has 0 aromatic rings. The van der Waals surface area contributed by atoms with Crippen LogP contribution < -0.4 is 10.0 Å². The fourth-order valence-electron chi connectivity index (χ4n) is 2.66. The summed E-state index contributed by atoms with van der Waals surface area (Å²) in [6.07, 6.45) is 7.42. The third-order valence-corrected chi connectivity index (χ3v) is 5.06. The molecule has 1 heterocycles. The molecule has 0 aromatic carbocycles. The molecule has 1 saturated carbocycles. The lowest BCUT2D eigenvalue weighted by Gasteiger charge is -2.14. The van der Waals surface area contributed by atoms with Crippen molar-refractivity contribution in [3.05, 3.63) is 0 Å². The summed E-state index contributed by atoms with van der Waals surface area (Å²) in [5.74, 6) is 0.279. The standard InChI is InChI=1S/C11H22N2O2S/c14-16(15,13-11-4-1-2-5-11)9-7-10-6-3-8-12-10/h10-13H,1-9H2. The molecule has 1 aliphatic heterocycles. The molecule has 0 bridgehead atoms. The van der Waals surface area contributed by atoms with E-state index in [0.717, 1.165) is 45.1 Å². The van der Waals surface area contributed by atoms with Gasteiger partial charge in [-0.05, 0) is 38.6 Å². The Morgan fingerprint density at radius 3 is 2.50 bits per heavy atom. The highest BCUT2D eigenvalue weighted by molar-refractivity contribution is 7.89. The van der Waals surface area contributed by atoms with E-state index >= 15 is 0 Å². The van der Waals surface area contributed by atoms with Crippen molar-refractivity contribution in [3.63, 3.8) is 0 Å². The number of rotatable bonds is 5. The van der Waals surface area contributed by atoms with Crippen LogP contribution in [0, 0.1) is 0 Å². The zero-order valence-corrected chi connectivity index (χ0v) is 10.6. The van der Waals surface area contributed by atoms with E-state index in [9.17, 15) is 8.42 Å². The molecule has 2 N–H and O–H groups in total. The average Bonchev–Trinajstić information content (AvgIpc) is 2.85. The molecule has 16 heavy (non-hydrogen) atoms. The Hall–Kier alpha value is -0.130. The Morgan fingerprint density at radius 2 is 1.88 bits per heavy atom. The smallest absolute Gasteiger partial charge is 0.211 e. The van der Waals surface area contributed by atoms with E-state index in [1.54, 1.807) is 0 Å². The van der Waals surface area contributed by atoms with E-state index in [-0.39, 0.29) is 11.8 Å². The Labute approximate surface area is 98.2 Å². The van der Waals surface area contributed by atoms with Gasteiger partial charge in [0.25, 0.3) is 0 Å². The first-order valence-corrected chi connectivity index (χ1v) is 8.04. The lowest BCUT2D eigenvalue weighted by Crippen LogP contribution is -2.36. The second-order valence-electron chi connectivity index (χ2n) is 5.00. The molecular formula is C11H22N2O2S. The van der Waals surface area contributed by atoms with Crippen LogP contribution in [0.15, 0.2) is 0 Å². The van der Waals surface area contributed by atoms with Crippen molar-refractivity contribution in [2.75, 3.05) is 12.3 Å². The summed E-state index contributed by atoms with van der Waals surface area (Å²) in [5.41, 5.74) is 0. The number of hydrogen-bond donors (Lipinski definition) is 2. The second kappa shape index (κ2) is 5.47. The summed E-state index contributed by atoms with van der Waals surface area (Å²) < 4.78 is 26.4. The Bertz CT molecular complexity index is 304. The predicted molar refractivity (Wildman–Crippen MR) is 64.8 cm³/mol. The zero-order chi connectivity index (χ0) is 11.4. The molecular weight excluding hydrogens is 224 g/mol. The van der Waals surface area contributed by atoms with Crippen LogP contribution in [-0.4, -0.2) is 32.8 Å². The fraction of sp³-hybridized carbons (Fsp3) is 1.00. The van der Waals surface area contributed by atoms with Gasteiger partial charge in [0.15, 0.2) is 0 Å². The Morgan fingerprint density at radius 1 is 1.12 bits per heavy atom. The largest absolute Gasteiger partial charge is 0.314 e. The summed E-state index contributed by atoms with van der Waals surface area (Å²) in [6, 6.07) is 0.627. The minimum absolute atomic E-state index is 0.210. The van der Waals surface area contributed by atoms with Crippen molar-refractivity contribution in [3.8, 4) is 0 Å².